The van der Waals surface area contributed by atoms with Crippen LogP contribution in [0.1, 0.15) is 5.56 Å². The van der Waals surface area contributed by atoms with Crippen LogP contribution in [0.5, 0.6) is 0 Å². The van der Waals surface area contributed by atoms with Crippen molar-refractivity contribution in [1.82, 2.24) is 9.97 Å². The number of methoxy groups -OCH3 is 1. The quantitative estimate of drug-likeness (QED) is 0.561. The molecule has 3 rings (SSSR count). The van der Waals surface area contributed by atoms with Crippen LogP contribution < -0.4 is 10.6 Å². The Kier molecular flexibility index (Phi) is 6.71. The second-order valence-electron chi connectivity index (χ2n) is 6.02. The second-order valence-corrected chi connectivity index (χ2v) is 6.02. The molecule has 0 amide bonds. The number of anilines is 2. The lowest BCUT2D eigenvalue weighted by molar-refractivity contribution is 0.210. The minimum atomic E-state index is -0.186. The third-order valence-electron chi connectivity index (χ3n) is 4.04. The van der Waals surface area contributed by atoms with Gasteiger partial charge in [-0.05, 0) is 18.1 Å². The molecule has 0 aliphatic rings. The highest BCUT2D eigenvalue weighted by Gasteiger charge is 2.07. The van der Waals surface area contributed by atoms with E-state index in [1.807, 2.05) is 42.5 Å². The number of hydrogen-bond acceptors (Lipinski definition) is 5. The van der Waals surface area contributed by atoms with Crippen molar-refractivity contribution in [2.24, 2.45) is 0 Å². The van der Waals surface area contributed by atoms with Crippen molar-refractivity contribution in [3.05, 3.63) is 72.0 Å². The van der Waals surface area contributed by atoms with Gasteiger partial charge < -0.3 is 15.4 Å². The van der Waals surface area contributed by atoms with Crippen molar-refractivity contribution in [1.29, 1.82) is 0 Å². The summed E-state index contributed by atoms with van der Waals surface area (Å²) >= 11 is 0. The van der Waals surface area contributed by atoms with Crippen molar-refractivity contribution in [3.63, 3.8) is 0 Å². The molecular weight excluding hydrogens is 343 g/mol. The molecule has 5 nitrogen and oxygen atoms in total. The normalized spacial score (nSPS) is 10.6. The molecule has 0 spiro atoms. The van der Waals surface area contributed by atoms with Crippen LogP contribution in [0.15, 0.2) is 60.7 Å². The Labute approximate surface area is 158 Å². The summed E-state index contributed by atoms with van der Waals surface area (Å²) in [6.07, 6.45) is 0.573. The molecule has 6 heteroatoms. The van der Waals surface area contributed by atoms with E-state index >= 15 is 0 Å². The van der Waals surface area contributed by atoms with Crippen molar-refractivity contribution in [3.8, 4) is 11.3 Å². The molecule has 3 aromatic rings. The molecule has 0 fully saturated rings. The van der Waals surface area contributed by atoms with Crippen molar-refractivity contribution < 1.29 is 9.13 Å². The Hall–Kier alpha value is -2.99. The van der Waals surface area contributed by atoms with E-state index in [-0.39, 0.29) is 5.82 Å². The summed E-state index contributed by atoms with van der Waals surface area (Å²) in [5.74, 6) is 1.04. The van der Waals surface area contributed by atoms with Gasteiger partial charge in [0.2, 0.25) is 5.95 Å². The van der Waals surface area contributed by atoms with Crippen LogP contribution >= 0.6 is 0 Å². The summed E-state index contributed by atoms with van der Waals surface area (Å²) in [7, 11) is 1.65. The van der Waals surface area contributed by atoms with Gasteiger partial charge in [0, 0.05) is 31.8 Å². The summed E-state index contributed by atoms with van der Waals surface area (Å²) in [4.78, 5) is 9.08. The van der Waals surface area contributed by atoms with E-state index in [1.54, 1.807) is 19.2 Å². The number of nitrogens with one attached hydrogen (secondary N) is 2. The fraction of sp³-hybridized carbons (Fsp3) is 0.238. The van der Waals surface area contributed by atoms with E-state index in [4.69, 9.17) is 4.74 Å². The lowest BCUT2D eigenvalue weighted by atomic mass is 10.1. The van der Waals surface area contributed by atoms with Gasteiger partial charge in [-0.15, -0.1) is 0 Å². The molecule has 0 radical (unpaired) electrons. The molecule has 0 unspecified atom stereocenters. The van der Waals surface area contributed by atoms with Gasteiger partial charge in [0.15, 0.2) is 0 Å². The Balaban J connectivity index is 1.74. The fourth-order valence-corrected chi connectivity index (χ4v) is 2.66. The Morgan fingerprint density at radius 1 is 0.926 bits per heavy atom. The maximum Gasteiger partial charge on any atom is 0.225 e. The summed E-state index contributed by atoms with van der Waals surface area (Å²) in [6.45, 7) is 1.75. The second kappa shape index (κ2) is 9.64. The molecule has 0 bridgehead atoms. The molecule has 0 atom stereocenters. The maximum atomic E-state index is 13.8. The fourth-order valence-electron chi connectivity index (χ4n) is 2.66. The van der Waals surface area contributed by atoms with E-state index in [1.165, 1.54) is 6.07 Å². The summed E-state index contributed by atoms with van der Waals surface area (Å²) in [5.41, 5.74) is 2.51. The standard InChI is InChI=1S/C21H23FN4O/c1-27-14-13-24-21-25-19(17-8-3-2-4-9-17)15-20(26-21)23-12-11-16-7-5-6-10-18(16)22/h2-10,15H,11-14H2,1H3,(H2,23,24,25,26). The molecule has 2 aromatic carbocycles. The van der Waals surface area contributed by atoms with Crippen LogP contribution in [0, 0.1) is 5.82 Å². The molecule has 0 aliphatic carbocycles. The summed E-state index contributed by atoms with van der Waals surface area (Å²) in [5, 5.41) is 6.44. The topological polar surface area (TPSA) is 59.1 Å². The Morgan fingerprint density at radius 2 is 1.70 bits per heavy atom. The number of nitrogens with zero attached hydrogens (tertiary/aromatic N) is 2. The first kappa shape index (κ1) is 18.8. The average Bonchev–Trinajstić information content (AvgIpc) is 2.70. The number of aromatic nitrogens is 2. The van der Waals surface area contributed by atoms with Gasteiger partial charge in [-0.1, -0.05) is 48.5 Å². The third-order valence-corrected chi connectivity index (χ3v) is 4.04. The highest BCUT2D eigenvalue weighted by Crippen LogP contribution is 2.21. The van der Waals surface area contributed by atoms with E-state index in [9.17, 15) is 4.39 Å². The van der Waals surface area contributed by atoms with Crippen molar-refractivity contribution in [2.75, 3.05) is 37.4 Å². The first-order valence-corrected chi connectivity index (χ1v) is 8.91. The number of rotatable bonds is 9. The first-order valence-electron chi connectivity index (χ1n) is 8.91. The maximum absolute atomic E-state index is 13.8. The molecule has 0 saturated heterocycles. The van der Waals surface area contributed by atoms with Gasteiger partial charge in [-0.3, -0.25) is 0 Å². The summed E-state index contributed by atoms with van der Waals surface area (Å²) < 4.78 is 18.8. The minimum absolute atomic E-state index is 0.186. The number of ether oxygens (including phenoxy) is 1. The molecule has 0 saturated carbocycles. The van der Waals surface area contributed by atoms with Crippen molar-refractivity contribution >= 4 is 11.8 Å². The molecule has 1 heterocycles. The van der Waals surface area contributed by atoms with E-state index in [0.29, 0.717) is 43.4 Å². The average molecular weight is 366 g/mol. The predicted molar refractivity (Wildman–Crippen MR) is 106 cm³/mol. The highest BCUT2D eigenvalue weighted by molar-refractivity contribution is 5.64. The lowest BCUT2D eigenvalue weighted by Crippen LogP contribution is -2.13. The van der Waals surface area contributed by atoms with Gasteiger partial charge in [0.05, 0.1) is 12.3 Å². The van der Waals surface area contributed by atoms with Crippen LogP contribution in [0.3, 0.4) is 0 Å². The van der Waals surface area contributed by atoms with Crippen molar-refractivity contribution in [2.45, 2.75) is 6.42 Å². The van der Waals surface area contributed by atoms with Crippen LogP contribution in [-0.2, 0) is 11.2 Å². The monoisotopic (exact) mass is 366 g/mol. The largest absolute Gasteiger partial charge is 0.383 e. The van der Waals surface area contributed by atoms with Gasteiger partial charge in [0.1, 0.15) is 11.6 Å². The van der Waals surface area contributed by atoms with Gasteiger partial charge in [-0.25, -0.2) is 9.37 Å². The zero-order chi connectivity index (χ0) is 18.9. The molecule has 27 heavy (non-hydrogen) atoms. The van der Waals surface area contributed by atoms with E-state index < -0.39 is 0 Å². The SMILES string of the molecule is COCCNc1nc(NCCc2ccccc2F)cc(-c2ccccc2)n1. The van der Waals surface area contributed by atoms with Gasteiger partial charge in [-0.2, -0.15) is 4.98 Å². The zero-order valence-corrected chi connectivity index (χ0v) is 15.3. The number of halogens is 1. The van der Waals surface area contributed by atoms with Crippen LogP contribution in [0.25, 0.3) is 11.3 Å². The number of benzene rings is 2. The van der Waals surface area contributed by atoms with Crippen LogP contribution in [-0.4, -0.2) is 36.8 Å². The highest BCUT2D eigenvalue weighted by atomic mass is 19.1. The smallest absolute Gasteiger partial charge is 0.225 e. The minimum Gasteiger partial charge on any atom is -0.383 e. The first-order chi connectivity index (χ1) is 13.3. The molecule has 0 aliphatic heterocycles. The van der Waals surface area contributed by atoms with E-state index in [2.05, 4.69) is 20.6 Å². The van der Waals surface area contributed by atoms with Gasteiger partial charge >= 0.3 is 0 Å². The molecule has 2 N–H and O–H groups in total. The molecular formula is C21H23FN4O. The predicted octanol–water partition coefficient (Wildman–Crippen LogP) is 4.00. The van der Waals surface area contributed by atoms with E-state index in [0.717, 1.165) is 11.3 Å². The molecule has 140 valence electrons. The van der Waals surface area contributed by atoms with Crippen LogP contribution in [0.4, 0.5) is 16.2 Å². The zero-order valence-electron chi connectivity index (χ0n) is 15.3. The lowest BCUT2D eigenvalue weighted by Gasteiger charge is -2.11. The third kappa shape index (κ3) is 5.49. The van der Waals surface area contributed by atoms with Crippen LogP contribution in [0.2, 0.25) is 0 Å². The Morgan fingerprint density at radius 3 is 2.48 bits per heavy atom. The molecule has 1 aromatic heterocycles. The number of hydrogen-bond donors (Lipinski definition) is 2. The Bertz CT molecular complexity index is 858. The van der Waals surface area contributed by atoms with Gasteiger partial charge in [0.25, 0.3) is 0 Å². The summed E-state index contributed by atoms with van der Waals surface area (Å²) in [6, 6.07) is 18.6.